The quantitative estimate of drug-likeness (QED) is 0.290. The number of rotatable bonds is 11. The van der Waals surface area contributed by atoms with Crippen molar-refractivity contribution in [1.29, 1.82) is 0 Å². The Kier molecular flexibility index (Phi) is 8.57. The first kappa shape index (κ1) is 25.2. The molecule has 0 aliphatic carbocycles. The second-order valence-electron chi connectivity index (χ2n) is 7.94. The standard InChI is InChI=1S/C27H27FN4O3S/c1-34-23-11-6-10-22(16-23)32-25(30-31-27(32)36-18-19-7-5-9-21(28)15-19)13-14-26(33)29-17-20-8-3-4-12-24(20)35-2/h3-12,15-16H,13-14,17-18H2,1-2H3,(H,29,33). The Balaban J connectivity index is 1.49. The van der Waals surface area contributed by atoms with Gasteiger partial charge in [-0.05, 0) is 35.9 Å². The van der Waals surface area contributed by atoms with E-state index >= 15 is 0 Å². The summed E-state index contributed by atoms with van der Waals surface area (Å²) in [5.41, 5.74) is 2.58. The van der Waals surface area contributed by atoms with E-state index < -0.39 is 0 Å². The van der Waals surface area contributed by atoms with Gasteiger partial charge in [0.1, 0.15) is 23.1 Å². The van der Waals surface area contributed by atoms with Crippen LogP contribution in [0.2, 0.25) is 0 Å². The minimum Gasteiger partial charge on any atom is -0.497 e. The lowest BCUT2D eigenvalue weighted by Crippen LogP contribution is -2.23. The van der Waals surface area contributed by atoms with Gasteiger partial charge in [0.25, 0.3) is 0 Å². The Hall–Kier alpha value is -3.85. The van der Waals surface area contributed by atoms with Crippen LogP contribution in [0.4, 0.5) is 4.39 Å². The minimum absolute atomic E-state index is 0.102. The lowest BCUT2D eigenvalue weighted by Gasteiger charge is -2.12. The smallest absolute Gasteiger partial charge is 0.220 e. The summed E-state index contributed by atoms with van der Waals surface area (Å²) in [5.74, 6) is 2.23. The van der Waals surface area contributed by atoms with E-state index in [-0.39, 0.29) is 18.1 Å². The number of thioether (sulfide) groups is 1. The molecule has 1 N–H and O–H groups in total. The van der Waals surface area contributed by atoms with E-state index in [2.05, 4.69) is 15.5 Å². The highest BCUT2D eigenvalue weighted by molar-refractivity contribution is 7.98. The van der Waals surface area contributed by atoms with Crippen LogP contribution >= 0.6 is 11.8 Å². The zero-order valence-corrected chi connectivity index (χ0v) is 20.9. The van der Waals surface area contributed by atoms with Crippen LogP contribution in [0.25, 0.3) is 5.69 Å². The maximum atomic E-state index is 13.6. The lowest BCUT2D eigenvalue weighted by atomic mass is 10.2. The van der Waals surface area contributed by atoms with Crippen molar-refractivity contribution in [1.82, 2.24) is 20.1 Å². The summed E-state index contributed by atoms with van der Waals surface area (Å²) in [6, 6.07) is 21.6. The molecule has 186 valence electrons. The third-order valence-corrected chi connectivity index (χ3v) is 6.51. The number of carbonyl (C=O) groups excluding carboxylic acids is 1. The third kappa shape index (κ3) is 6.42. The van der Waals surface area contributed by atoms with Crippen LogP contribution in [0.1, 0.15) is 23.4 Å². The van der Waals surface area contributed by atoms with E-state index in [4.69, 9.17) is 9.47 Å². The van der Waals surface area contributed by atoms with Gasteiger partial charge in [0.2, 0.25) is 5.91 Å². The highest BCUT2D eigenvalue weighted by atomic mass is 32.2. The molecular weight excluding hydrogens is 479 g/mol. The van der Waals surface area contributed by atoms with Crippen molar-refractivity contribution in [3.05, 3.63) is 95.6 Å². The monoisotopic (exact) mass is 506 g/mol. The van der Waals surface area contributed by atoms with E-state index in [0.29, 0.717) is 35.4 Å². The van der Waals surface area contributed by atoms with Gasteiger partial charge in [-0.3, -0.25) is 9.36 Å². The summed E-state index contributed by atoms with van der Waals surface area (Å²) < 4.78 is 26.3. The van der Waals surface area contributed by atoms with E-state index in [1.807, 2.05) is 59.2 Å². The first-order chi connectivity index (χ1) is 17.6. The summed E-state index contributed by atoms with van der Waals surface area (Å²) in [5, 5.41) is 12.3. The van der Waals surface area contributed by atoms with Crippen molar-refractivity contribution in [2.24, 2.45) is 0 Å². The van der Waals surface area contributed by atoms with Crippen LogP contribution in [-0.2, 0) is 23.5 Å². The van der Waals surface area contributed by atoms with Gasteiger partial charge in [-0.25, -0.2) is 4.39 Å². The van der Waals surface area contributed by atoms with Crippen molar-refractivity contribution < 1.29 is 18.7 Å². The van der Waals surface area contributed by atoms with E-state index in [9.17, 15) is 9.18 Å². The molecule has 7 nitrogen and oxygen atoms in total. The van der Waals surface area contributed by atoms with Crippen molar-refractivity contribution in [3.63, 3.8) is 0 Å². The zero-order chi connectivity index (χ0) is 25.3. The van der Waals surface area contributed by atoms with Crippen LogP contribution in [0.15, 0.2) is 78.0 Å². The average Bonchev–Trinajstić information content (AvgIpc) is 3.32. The van der Waals surface area contributed by atoms with Crippen LogP contribution in [-0.4, -0.2) is 34.9 Å². The molecule has 4 aromatic rings. The molecule has 0 fully saturated rings. The summed E-state index contributed by atoms with van der Waals surface area (Å²) in [4.78, 5) is 12.6. The summed E-state index contributed by atoms with van der Waals surface area (Å²) >= 11 is 1.45. The molecule has 0 radical (unpaired) electrons. The Morgan fingerprint density at radius 3 is 2.64 bits per heavy atom. The van der Waals surface area contributed by atoms with Gasteiger partial charge in [0.05, 0.1) is 19.9 Å². The van der Waals surface area contributed by atoms with Crippen LogP contribution in [0.5, 0.6) is 11.5 Å². The molecule has 0 unspecified atom stereocenters. The number of halogens is 1. The largest absolute Gasteiger partial charge is 0.497 e. The molecule has 0 spiro atoms. The molecule has 0 saturated heterocycles. The molecule has 0 aliphatic heterocycles. The number of methoxy groups -OCH3 is 2. The molecule has 1 amide bonds. The highest BCUT2D eigenvalue weighted by Crippen LogP contribution is 2.27. The predicted molar refractivity (Wildman–Crippen MR) is 137 cm³/mol. The second-order valence-corrected chi connectivity index (χ2v) is 8.89. The van der Waals surface area contributed by atoms with Gasteiger partial charge in [0, 0.05) is 36.8 Å². The van der Waals surface area contributed by atoms with E-state index in [0.717, 1.165) is 22.6 Å². The Morgan fingerprint density at radius 1 is 1.00 bits per heavy atom. The Bertz CT molecular complexity index is 1330. The van der Waals surface area contributed by atoms with Gasteiger partial charge < -0.3 is 14.8 Å². The number of nitrogens with one attached hydrogen (secondary N) is 1. The number of aromatic nitrogens is 3. The topological polar surface area (TPSA) is 78.3 Å². The van der Waals surface area contributed by atoms with Crippen LogP contribution in [0.3, 0.4) is 0 Å². The third-order valence-electron chi connectivity index (χ3n) is 5.51. The number of amides is 1. The molecule has 0 aliphatic rings. The molecule has 0 atom stereocenters. The number of nitrogens with zero attached hydrogens (tertiary/aromatic N) is 3. The summed E-state index contributed by atoms with van der Waals surface area (Å²) in [7, 11) is 3.22. The number of hydrogen-bond acceptors (Lipinski definition) is 6. The maximum absolute atomic E-state index is 13.6. The SMILES string of the molecule is COc1cccc(-n2c(CCC(=O)NCc3ccccc3OC)nnc2SCc2cccc(F)c2)c1. The van der Waals surface area contributed by atoms with Crippen molar-refractivity contribution in [3.8, 4) is 17.2 Å². The van der Waals surface area contributed by atoms with E-state index in [1.54, 1.807) is 20.3 Å². The van der Waals surface area contributed by atoms with Gasteiger partial charge in [-0.15, -0.1) is 10.2 Å². The van der Waals surface area contributed by atoms with Crippen molar-refractivity contribution in [2.75, 3.05) is 14.2 Å². The lowest BCUT2D eigenvalue weighted by molar-refractivity contribution is -0.121. The minimum atomic E-state index is -0.276. The molecule has 1 heterocycles. The van der Waals surface area contributed by atoms with Crippen molar-refractivity contribution in [2.45, 2.75) is 30.3 Å². The molecule has 3 aromatic carbocycles. The van der Waals surface area contributed by atoms with Gasteiger partial charge in [0.15, 0.2) is 5.16 Å². The summed E-state index contributed by atoms with van der Waals surface area (Å²) in [6.45, 7) is 0.375. The Labute approximate surface area is 213 Å². The Morgan fingerprint density at radius 2 is 1.83 bits per heavy atom. The molecule has 9 heteroatoms. The number of aryl methyl sites for hydroxylation is 1. The van der Waals surface area contributed by atoms with Gasteiger partial charge in [-0.2, -0.15) is 0 Å². The molecule has 36 heavy (non-hydrogen) atoms. The first-order valence-electron chi connectivity index (χ1n) is 11.4. The van der Waals surface area contributed by atoms with Crippen LogP contribution in [0, 0.1) is 5.82 Å². The average molecular weight is 507 g/mol. The predicted octanol–water partition coefficient (Wildman–Crippen LogP) is 4.96. The van der Waals surface area contributed by atoms with Crippen molar-refractivity contribution >= 4 is 17.7 Å². The second kappa shape index (κ2) is 12.2. The zero-order valence-electron chi connectivity index (χ0n) is 20.1. The fraction of sp³-hybridized carbons (Fsp3) is 0.222. The highest BCUT2D eigenvalue weighted by Gasteiger charge is 2.17. The number of ether oxygens (including phenoxy) is 2. The number of para-hydroxylation sites is 1. The molecule has 1 aromatic heterocycles. The summed E-state index contributed by atoms with van der Waals surface area (Å²) in [6.07, 6.45) is 0.633. The number of benzene rings is 3. The fourth-order valence-corrected chi connectivity index (χ4v) is 4.61. The normalized spacial score (nSPS) is 10.8. The van der Waals surface area contributed by atoms with E-state index in [1.165, 1.54) is 23.9 Å². The molecule has 4 rings (SSSR count). The fourth-order valence-electron chi connectivity index (χ4n) is 3.70. The molecular formula is C27H27FN4O3S. The molecule has 0 saturated carbocycles. The molecule has 0 bridgehead atoms. The van der Waals surface area contributed by atoms with Gasteiger partial charge >= 0.3 is 0 Å². The van der Waals surface area contributed by atoms with Crippen LogP contribution < -0.4 is 14.8 Å². The first-order valence-corrected chi connectivity index (χ1v) is 12.4. The maximum Gasteiger partial charge on any atom is 0.220 e. The van der Waals surface area contributed by atoms with Gasteiger partial charge in [-0.1, -0.05) is 48.2 Å². The number of carbonyl (C=O) groups is 1. The number of hydrogen-bond donors (Lipinski definition) is 1.